The second kappa shape index (κ2) is 15.0. The molecule has 0 unspecified atom stereocenters. The van der Waals surface area contributed by atoms with Gasteiger partial charge in [-0.15, -0.1) is 0 Å². The number of aliphatic carboxylic acids is 2. The number of benzene rings is 2. The van der Waals surface area contributed by atoms with Gasteiger partial charge in [0, 0.05) is 0 Å². The summed E-state index contributed by atoms with van der Waals surface area (Å²) in [5.74, 6) is -4.97. The molecule has 14 heteroatoms. The van der Waals surface area contributed by atoms with Crippen LogP contribution in [0.2, 0.25) is 0 Å². The normalized spacial score (nSPS) is 12.2. The fraction of sp³-hybridized carbons (Fsp3) is 0.261. The summed E-state index contributed by atoms with van der Waals surface area (Å²) >= 11 is -0.576. The van der Waals surface area contributed by atoms with Gasteiger partial charge in [0.2, 0.25) is 0 Å². The number of halogens is 1. The molecule has 3 amide bonds. The van der Waals surface area contributed by atoms with Gasteiger partial charge in [0.05, 0.1) is 0 Å². The zero-order valence-corrected chi connectivity index (χ0v) is 21.8. The van der Waals surface area contributed by atoms with Crippen LogP contribution in [0.1, 0.15) is 23.2 Å². The van der Waals surface area contributed by atoms with Crippen LogP contribution in [0, 0.1) is 5.82 Å². The van der Waals surface area contributed by atoms with Gasteiger partial charge < -0.3 is 0 Å². The van der Waals surface area contributed by atoms with E-state index in [0.717, 1.165) is 6.07 Å². The molecule has 0 saturated carbocycles. The van der Waals surface area contributed by atoms with E-state index in [1.54, 1.807) is 30.3 Å². The molecule has 0 heterocycles. The van der Waals surface area contributed by atoms with Crippen LogP contribution < -0.4 is 26.1 Å². The predicted octanol–water partition coefficient (Wildman–Crippen LogP) is -0.0666. The topological polar surface area (TPSA) is 188 Å². The molecule has 7 N–H and O–H groups in total. The van der Waals surface area contributed by atoms with Gasteiger partial charge in [-0.3, -0.25) is 0 Å². The van der Waals surface area contributed by atoms with Crippen molar-refractivity contribution in [3.05, 3.63) is 59.9 Å². The Labute approximate surface area is 221 Å². The van der Waals surface area contributed by atoms with E-state index in [2.05, 4.69) is 16.0 Å². The summed E-state index contributed by atoms with van der Waals surface area (Å²) in [4.78, 5) is 59.1. The third-order valence-corrected chi connectivity index (χ3v) is 8.87. The Hall–Kier alpha value is -3.45. The predicted molar refractivity (Wildman–Crippen MR) is 136 cm³/mol. The Kier molecular flexibility index (Phi) is 12.0. The molecule has 2 rings (SSSR count). The molecule has 0 aliphatic carbocycles. The number of carboxylic acids is 2. The van der Waals surface area contributed by atoms with E-state index in [1.807, 2.05) is 0 Å². The number of amides is 3. The number of para-hydroxylation sites is 1. The molecule has 37 heavy (non-hydrogen) atoms. The summed E-state index contributed by atoms with van der Waals surface area (Å²) in [5.41, 5.74) is 6.20. The summed E-state index contributed by atoms with van der Waals surface area (Å²) in [6.07, 6.45) is -0.426. The van der Waals surface area contributed by atoms with Gasteiger partial charge in [0.15, 0.2) is 0 Å². The number of nitrogens with two attached hydrogens (primary N) is 1. The quantitative estimate of drug-likeness (QED) is 0.162. The zero-order valence-electron chi connectivity index (χ0n) is 19.3. The van der Waals surface area contributed by atoms with E-state index in [1.165, 1.54) is 22.3 Å². The van der Waals surface area contributed by atoms with Gasteiger partial charge in [-0.2, -0.15) is 0 Å². The number of carboxylic acid groups (broad SMARTS) is 2. The van der Waals surface area contributed by atoms with Crippen LogP contribution in [0.4, 0.5) is 10.1 Å². The molecule has 0 aliphatic rings. The first-order chi connectivity index (χ1) is 17.6. The van der Waals surface area contributed by atoms with E-state index in [0.29, 0.717) is 10.1 Å². The van der Waals surface area contributed by atoms with Crippen molar-refractivity contribution in [2.24, 2.45) is 5.73 Å². The molecular weight excluding hydrogens is 574 g/mol. The average molecular weight is 599 g/mol. The monoisotopic (exact) mass is 600 g/mol. The number of carbonyl (C=O) groups is 5. The van der Waals surface area contributed by atoms with Crippen molar-refractivity contribution in [1.29, 1.82) is 0 Å². The first-order valence-corrected chi connectivity index (χ1v) is 14.7. The Balaban J connectivity index is 2.07. The van der Waals surface area contributed by atoms with Crippen LogP contribution in [0.15, 0.2) is 48.5 Å². The Morgan fingerprint density at radius 3 is 2.41 bits per heavy atom. The summed E-state index contributed by atoms with van der Waals surface area (Å²) in [6, 6.07) is 10.0. The number of hydrogen-bond donors (Lipinski definition) is 6. The molecule has 0 radical (unpaired) electrons. The van der Waals surface area contributed by atoms with E-state index >= 15 is 0 Å². The van der Waals surface area contributed by atoms with Crippen LogP contribution in [0.25, 0.3) is 0 Å². The molecule has 198 valence electrons. The Morgan fingerprint density at radius 1 is 1.05 bits per heavy atom. The van der Waals surface area contributed by atoms with Gasteiger partial charge in [0.25, 0.3) is 0 Å². The number of rotatable bonds is 14. The minimum absolute atomic E-state index is 0.0154. The van der Waals surface area contributed by atoms with Crippen molar-refractivity contribution in [3.63, 3.8) is 0 Å². The van der Waals surface area contributed by atoms with E-state index < -0.39 is 67.9 Å². The van der Waals surface area contributed by atoms with Crippen LogP contribution in [0.3, 0.4) is 0 Å². The van der Waals surface area contributed by atoms with Crippen LogP contribution in [0.5, 0.6) is 0 Å². The zero-order chi connectivity index (χ0) is 27.4. The summed E-state index contributed by atoms with van der Waals surface area (Å²) in [6.45, 7) is -0.668. The molecule has 2 atom stereocenters. The van der Waals surface area contributed by atoms with Crippen LogP contribution >= 0.6 is 10.2 Å². The van der Waals surface area contributed by atoms with Crippen molar-refractivity contribution >= 4 is 63.8 Å². The molecule has 0 spiro atoms. The summed E-state index contributed by atoms with van der Waals surface area (Å²) < 4.78 is 14.4. The minimum atomic E-state index is -1.28. The maximum atomic E-state index is 13.9. The van der Waals surface area contributed by atoms with Gasteiger partial charge >= 0.3 is 221 Å². The first-order valence-electron chi connectivity index (χ1n) is 10.8. The number of anilines is 1. The summed E-state index contributed by atoms with van der Waals surface area (Å²) in [7, 11) is 1.17. The molecule has 0 saturated heterocycles. The van der Waals surface area contributed by atoms with Crippen molar-refractivity contribution in [3.8, 4) is 0 Å². The third-order valence-electron chi connectivity index (χ3n) is 4.67. The maximum absolute atomic E-state index is 13.9. The van der Waals surface area contributed by atoms with Crippen LogP contribution in [-0.2, 0) is 19.2 Å². The number of nitrogens with one attached hydrogen (secondary N) is 3. The van der Waals surface area contributed by atoms with E-state index in [4.69, 9.17) is 15.9 Å². The summed E-state index contributed by atoms with van der Waals surface area (Å²) in [5, 5.41) is 25.0. The van der Waals surface area contributed by atoms with E-state index in [9.17, 15) is 28.4 Å². The van der Waals surface area contributed by atoms with Crippen molar-refractivity contribution < 1.29 is 38.6 Å². The van der Waals surface area contributed by atoms with Crippen molar-refractivity contribution in [1.82, 2.24) is 10.6 Å². The number of hydrogen-bond acceptors (Lipinski definition) is 7. The Morgan fingerprint density at radius 2 is 1.76 bits per heavy atom. The molecule has 0 fully saturated rings. The second-order valence-corrected chi connectivity index (χ2v) is 11.7. The fourth-order valence-corrected chi connectivity index (χ4v) is 7.01. The first kappa shape index (κ1) is 29.8. The van der Waals surface area contributed by atoms with Crippen molar-refractivity contribution in [2.75, 3.05) is 17.6 Å². The number of carbonyl (C=O) groups excluding carboxylic acids is 3. The molecule has 0 aliphatic heterocycles. The second-order valence-electron chi connectivity index (χ2n) is 7.54. The standard InChI is InChI=1S/C23H25FN4O7SSe/c24-13-6-7-15(21(32)27-14-4-2-1-3-5-14)18(10-13)37-36-12-17(22(33)26-11-20(30)31)28-19(29)9-8-16(25)23(34)35/h1-7,10,16-17H,8-9,11-12,25H2,(H,26,33)(H,27,32)(H,28,29)(H,30,31)(H,34,35)/t16-,17-/m1/s1. The molecule has 11 nitrogen and oxygen atoms in total. The third kappa shape index (κ3) is 10.6. The van der Waals surface area contributed by atoms with Crippen molar-refractivity contribution in [2.45, 2.75) is 24.9 Å². The van der Waals surface area contributed by atoms with Gasteiger partial charge in [-0.25, -0.2) is 0 Å². The average Bonchev–Trinajstić information content (AvgIpc) is 2.85. The molecule has 2 aromatic rings. The molecule has 2 aromatic carbocycles. The fourth-order valence-electron chi connectivity index (χ4n) is 2.78. The molecule has 0 aromatic heterocycles. The Bertz CT molecular complexity index is 1140. The van der Waals surface area contributed by atoms with Crippen LogP contribution in [-0.4, -0.2) is 78.1 Å². The van der Waals surface area contributed by atoms with Gasteiger partial charge in [-0.05, 0) is 0 Å². The molecule has 0 bridgehead atoms. The van der Waals surface area contributed by atoms with E-state index in [-0.39, 0.29) is 24.2 Å². The SMILES string of the molecule is N[C@H](CCC(=O)N[C@H](CS[Se]c1cc(F)ccc1C(=O)Nc1ccccc1)C(=O)NCC(=O)O)C(=O)O. The van der Waals surface area contributed by atoms with Gasteiger partial charge in [0.1, 0.15) is 0 Å². The molecular formula is C23H25FN4O7SSe. The van der Waals surface area contributed by atoms with Gasteiger partial charge in [-0.1, -0.05) is 0 Å².